The first-order valence-electron chi connectivity index (χ1n) is 9.48. The van der Waals surface area contributed by atoms with E-state index in [4.69, 9.17) is 0 Å². The van der Waals surface area contributed by atoms with E-state index in [9.17, 15) is 9.59 Å². The second-order valence-corrected chi connectivity index (χ2v) is 7.21. The average Bonchev–Trinajstić information content (AvgIpc) is 3.20. The quantitative estimate of drug-likeness (QED) is 0.918. The van der Waals surface area contributed by atoms with Gasteiger partial charge in [0.15, 0.2) is 0 Å². The number of fused-ring (bicyclic) bond motifs is 1. The molecule has 2 heterocycles. The highest BCUT2D eigenvalue weighted by molar-refractivity contribution is 5.89. The highest BCUT2D eigenvalue weighted by Crippen LogP contribution is 2.23. The van der Waals surface area contributed by atoms with Gasteiger partial charge in [0.25, 0.3) is 0 Å². The van der Waals surface area contributed by atoms with Gasteiger partial charge in [-0.15, -0.1) is 0 Å². The molecule has 0 unspecified atom stereocenters. The van der Waals surface area contributed by atoms with Gasteiger partial charge in [-0.3, -0.25) is 14.5 Å². The highest BCUT2D eigenvalue weighted by Gasteiger charge is 2.33. The number of hydrogen-bond donors (Lipinski definition) is 1. The monoisotopic (exact) mass is 351 g/mol. The fourth-order valence-electron chi connectivity index (χ4n) is 4.08. The van der Waals surface area contributed by atoms with Crippen molar-refractivity contribution in [3.05, 3.63) is 48.0 Å². The molecule has 5 heteroatoms. The average molecular weight is 351 g/mol. The van der Waals surface area contributed by atoms with Gasteiger partial charge < -0.3 is 10.2 Å². The number of amides is 2. The number of benzene rings is 2. The second kappa shape index (κ2) is 7.46. The number of likely N-dealkylation sites (tertiary alicyclic amines) is 1. The van der Waals surface area contributed by atoms with E-state index in [-0.39, 0.29) is 24.3 Å². The number of piperazine rings is 1. The van der Waals surface area contributed by atoms with Crippen LogP contribution in [0.15, 0.2) is 42.5 Å². The van der Waals surface area contributed by atoms with Crippen molar-refractivity contribution >= 4 is 22.6 Å². The Morgan fingerprint density at radius 3 is 2.65 bits per heavy atom. The topological polar surface area (TPSA) is 52.7 Å². The maximum Gasteiger partial charge on any atom is 0.237 e. The first-order valence-corrected chi connectivity index (χ1v) is 9.48. The Morgan fingerprint density at radius 1 is 1.04 bits per heavy atom. The number of nitrogens with zero attached hydrogens (tertiary/aromatic N) is 2. The number of carbonyl (C=O) groups is 2. The predicted octanol–water partition coefficient (Wildman–Crippen LogP) is 2.15. The van der Waals surface area contributed by atoms with E-state index in [1.807, 2.05) is 17.0 Å². The molecular formula is C21H25N3O2. The van der Waals surface area contributed by atoms with Crippen LogP contribution in [0, 0.1) is 0 Å². The van der Waals surface area contributed by atoms with Crippen LogP contribution in [-0.2, 0) is 16.1 Å². The third kappa shape index (κ3) is 3.44. The molecule has 2 aromatic carbocycles. The Labute approximate surface area is 154 Å². The molecule has 2 fully saturated rings. The minimum atomic E-state index is -0.379. The molecule has 2 aliphatic rings. The minimum Gasteiger partial charge on any atom is -0.353 e. The molecule has 0 radical (unpaired) electrons. The van der Waals surface area contributed by atoms with Crippen LogP contribution in [0.5, 0.6) is 0 Å². The van der Waals surface area contributed by atoms with E-state index in [0.29, 0.717) is 13.1 Å². The molecule has 26 heavy (non-hydrogen) atoms. The predicted molar refractivity (Wildman–Crippen MR) is 102 cm³/mol. The van der Waals surface area contributed by atoms with Crippen LogP contribution in [0.1, 0.15) is 24.8 Å². The van der Waals surface area contributed by atoms with Crippen LogP contribution in [0.25, 0.3) is 10.8 Å². The van der Waals surface area contributed by atoms with Gasteiger partial charge in [0.05, 0.1) is 12.5 Å². The van der Waals surface area contributed by atoms with Gasteiger partial charge in [-0.25, -0.2) is 0 Å². The zero-order chi connectivity index (χ0) is 17.9. The Kier molecular flexibility index (Phi) is 4.89. The van der Waals surface area contributed by atoms with E-state index < -0.39 is 0 Å². The molecule has 0 bridgehead atoms. The molecule has 0 spiro atoms. The smallest absolute Gasteiger partial charge is 0.237 e. The SMILES string of the molecule is O=C1NCCN(Cc2cccc3ccccc23)[C@@H]1CC(=O)N1CCCC1. The van der Waals surface area contributed by atoms with Crippen molar-refractivity contribution in [3.63, 3.8) is 0 Å². The lowest BCUT2D eigenvalue weighted by Gasteiger charge is -2.35. The van der Waals surface area contributed by atoms with Crippen molar-refractivity contribution in [2.24, 2.45) is 0 Å². The number of nitrogens with one attached hydrogen (secondary N) is 1. The van der Waals surface area contributed by atoms with Gasteiger partial charge in [0, 0.05) is 32.7 Å². The Balaban J connectivity index is 1.54. The summed E-state index contributed by atoms with van der Waals surface area (Å²) in [5, 5.41) is 5.35. The van der Waals surface area contributed by atoms with Crippen molar-refractivity contribution in [2.45, 2.75) is 31.8 Å². The van der Waals surface area contributed by atoms with Gasteiger partial charge >= 0.3 is 0 Å². The zero-order valence-corrected chi connectivity index (χ0v) is 15.0. The van der Waals surface area contributed by atoms with Crippen molar-refractivity contribution in [2.75, 3.05) is 26.2 Å². The third-order valence-electron chi connectivity index (χ3n) is 5.52. The van der Waals surface area contributed by atoms with Crippen molar-refractivity contribution < 1.29 is 9.59 Å². The van der Waals surface area contributed by atoms with Crippen LogP contribution < -0.4 is 5.32 Å². The Bertz CT molecular complexity index is 809. The molecule has 0 aromatic heterocycles. The molecule has 0 saturated carbocycles. The molecule has 0 aliphatic carbocycles. The van der Waals surface area contributed by atoms with E-state index in [0.717, 1.165) is 32.5 Å². The molecule has 2 aromatic rings. The molecular weight excluding hydrogens is 326 g/mol. The number of hydrogen-bond acceptors (Lipinski definition) is 3. The van der Waals surface area contributed by atoms with Gasteiger partial charge in [-0.2, -0.15) is 0 Å². The summed E-state index contributed by atoms with van der Waals surface area (Å²) >= 11 is 0. The molecule has 2 amide bonds. The second-order valence-electron chi connectivity index (χ2n) is 7.21. The van der Waals surface area contributed by atoms with Crippen LogP contribution in [-0.4, -0.2) is 53.8 Å². The highest BCUT2D eigenvalue weighted by atomic mass is 16.2. The van der Waals surface area contributed by atoms with E-state index in [1.54, 1.807) is 0 Å². The maximum absolute atomic E-state index is 12.6. The number of carbonyl (C=O) groups excluding carboxylic acids is 2. The molecule has 2 saturated heterocycles. The minimum absolute atomic E-state index is 0.0240. The van der Waals surface area contributed by atoms with Gasteiger partial charge in [-0.1, -0.05) is 42.5 Å². The van der Waals surface area contributed by atoms with Crippen LogP contribution in [0.3, 0.4) is 0 Å². The first-order chi connectivity index (χ1) is 12.7. The van der Waals surface area contributed by atoms with Crippen molar-refractivity contribution in [3.8, 4) is 0 Å². The van der Waals surface area contributed by atoms with Crippen molar-refractivity contribution in [1.29, 1.82) is 0 Å². The van der Waals surface area contributed by atoms with Crippen LogP contribution >= 0.6 is 0 Å². The summed E-state index contributed by atoms with van der Waals surface area (Å²) in [5.74, 6) is 0.0801. The fourth-order valence-corrected chi connectivity index (χ4v) is 4.08. The van der Waals surface area contributed by atoms with Gasteiger partial charge in [-0.05, 0) is 29.2 Å². The van der Waals surface area contributed by atoms with Crippen LogP contribution in [0.4, 0.5) is 0 Å². The molecule has 1 N–H and O–H groups in total. The van der Waals surface area contributed by atoms with Gasteiger partial charge in [0.1, 0.15) is 0 Å². The lowest BCUT2D eigenvalue weighted by molar-refractivity contribution is -0.138. The molecule has 1 atom stereocenters. The molecule has 136 valence electrons. The summed E-state index contributed by atoms with van der Waals surface area (Å²) in [4.78, 5) is 29.1. The summed E-state index contributed by atoms with van der Waals surface area (Å²) in [7, 11) is 0. The van der Waals surface area contributed by atoms with E-state index in [1.165, 1.54) is 16.3 Å². The van der Waals surface area contributed by atoms with E-state index >= 15 is 0 Å². The lowest BCUT2D eigenvalue weighted by atomic mass is 10.0. The largest absolute Gasteiger partial charge is 0.353 e. The Hall–Kier alpha value is -2.40. The van der Waals surface area contributed by atoms with E-state index in [2.05, 4.69) is 40.5 Å². The zero-order valence-electron chi connectivity index (χ0n) is 15.0. The third-order valence-corrected chi connectivity index (χ3v) is 5.52. The molecule has 5 nitrogen and oxygen atoms in total. The standard InChI is InChI=1S/C21H25N3O2/c25-20(23-11-3-4-12-23)14-19-21(26)22-10-13-24(19)15-17-8-5-7-16-6-1-2-9-18(16)17/h1-2,5-9,19H,3-4,10-15H2,(H,22,26)/t19-/m1/s1. The maximum atomic E-state index is 12.6. The van der Waals surface area contributed by atoms with Gasteiger partial charge in [0.2, 0.25) is 11.8 Å². The summed E-state index contributed by atoms with van der Waals surface area (Å²) in [6.07, 6.45) is 2.42. The summed E-state index contributed by atoms with van der Waals surface area (Å²) in [6.45, 7) is 3.75. The normalized spacial score (nSPS) is 21.2. The summed E-state index contributed by atoms with van der Waals surface area (Å²) in [5.41, 5.74) is 1.21. The first kappa shape index (κ1) is 17.0. The van der Waals surface area contributed by atoms with Crippen LogP contribution in [0.2, 0.25) is 0 Å². The summed E-state index contributed by atoms with van der Waals surface area (Å²) in [6, 6.07) is 14.2. The Morgan fingerprint density at radius 2 is 1.81 bits per heavy atom. The fraction of sp³-hybridized carbons (Fsp3) is 0.429. The molecule has 2 aliphatic heterocycles. The lowest BCUT2D eigenvalue weighted by Crippen LogP contribution is -2.56. The number of rotatable bonds is 4. The summed E-state index contributed by atoms with van der Waals surface area (Å²) < 4.78 is 0. The van der Waals surface area contributed by atoms with Crippen molar-refractivity contribution in [1.82, 2.24) is 15.1 Å². The molecule has 4 rings (SSSR count).